The Morgan fingerprint density at radius 1 is 1.29 bits per heavy atom. The van der Waals surface area contributed by atoms with Gasteiger partial charge in [0.2, 0.25) is 0 Å². The van der Waals surface area contributed by atoms with Gasteiger partial charge in [0.05, 0.1) is 5.56 Å². The summed E-state index contributed by atoms with van der Waals surface area (Å²) >= 11 is 0. The first-order valence-electron chi connectivity index (χ1n) is 4.47. The lowest BCUT2D eigenvalue weighted by atomic mass is 10.1. The van der Waals surface area contributed by atoms with E-state index in [1.807, 2.05) is 0 Å². The Hall–Kier alpha value is -2.05. The van der Waals surface area contributed by atoms with Crippen molar-refractivity contribution in [2.45, 2.75) is 12.5 Å². The standard InChI is InChI=1S/C10H5F3O4/c11-10(12,13)9(15)17-8-6-4-2-1-3-5(6)7(14)16-8/h1-4,8H. The lowest BCUT2D eigenvalue weighted by Crippen LogP contribution is -2.27. The highest BCUT2D eigenvalue weighted by Crippen LogP contribution is 2.33. The second-order valence-electron chi connectivity index (χ2n) is 3.23. The van der Waals surface area contributed by atoms with Gasteiger partial charge < -0.3 is 9.47 Å². The summed E-state index contributed by atoms with van der Waals surface area (Å²) in [6.45, 7) is 0. The van der Waals surface area contributed by atoms with Crippen molar-refractivity contribution in [3.63, 3.8) is 0 Å². The van der Waals surface area contributed by atoms with Crippen molar-refractivity contribution in [3.05, 3.63) is 35.4 Å². The summed E-state index contributed by atoms with van der Waals surface area (Å²) in [5, 5.41) is 0. The molecule has 0 saturated heterocycles. The van der Waals surface area contributed by atoms with E-state index in [-0.39, 0.29) is 11.1 Å². The molecule has 0 spiro atoms. The van der Waals surface area contributed by atoms with Crippen LogP contribution >= 0.6 is 0 Å². The lowest BCUT2D eigenvalue weighted by Gasteiger charge is -2.12. The molecule has 0 amide bonds. The van der Waals surface area contributed by atoms with E-state index >= 15 is 0 Å². The summed E-state index contributed by atoms with van der Waals surface area (Å²) in [7, 11) is 0. The largest absolute Gasteiger partial charge is 0.491 e. The van der Waals surface area contributed by atoms with Crippen LogP contribution in [0.4, 0.5) is 13.2 Å². The number of rotatable bonds is 1. The molecule has 1 aromatic carbocycles. The quantitative estimate of drug-likeness (QED) is 0.711. The fourth-order valence-electron chi connectivity index (χ4n) is 1.36. The molecule has 2 rings (SSSR count). The zero-order chi connectivity index (χ0) is 12.6. The molecule has 1 unspecified atom stereocenters. The monoisotopic (exact) mass is 246 g/mol. The smallest absolute Gasteiger partial charge is 0.417 e. The number of esters is 2. The van der Waals surface area contributed by atoms with Crippen LogP contribution in [0.15, 0.2) is 24.3 Å². The fourth-order valence-corrected chi connectivity index (χ4v) is 1.36. The van der Waals surface area contributed by atoms with Gasteiger partial charge in [0, 0.05) is 5.56 Å². The number of alkyl halides is 3. The van der Waals surface area contributed by atoms with Crippen molar-refractivity contribution in [2.75, 3.05) is 0 Å². The number of hydrogen-bond donors (Lipinski definition) is 0. The third kappa shape index (κ3) is 2.08. The molecular formula is C10H5F3O4. The summed E-state index contributed by atoms with van der Waals surface area (Å²) in [6, 6.07) is 5.75. The van der Waals surface area contributed by atoms with Gasteiger partial charge in [-0.05, 0) is 6.07 Å². The van der Waals surface area contributed by atoms with E-state index < -0.39 is 24.4 Å². The van der Waals surface area contributed by atoms with Gasteiger partial charge >= 0.3 is 18.1 Å². The summed E-state index contributed by atoms with van der Waals surface area (Å²) in [6.07, 6.45) is -6.75. The molecule has 1 aliphatic rings. The van der Waals surface area contributed by atoms with Crippen LogP contribution in [0.1, 0.15) is 22.2 Å². The molecule has 0 bridgehead atoms. The molecule has 0 fully saturated rings. The molecule has 17 heavy (non-hydrogen) atoms. The molecule has 7 heteroatoms. The Labute approximate surface area is 92.9 Å². The zero-order valence-corrected chi connectivity index (χ0v) is 8.15. The van der Waals surface area contributed by atoms with Crippen LogP contribution in [0.3, 0.4) is 0 Å². The highest BCUT2D eigenvalue weighted by molar-refractivity contribution is 5.94. The van der Waals surface area contributed by atoms with Crippen molar-refractivity contribution in [2.24, 2.45) is 0 Å². The van der Waals surface area contributed by atoms with E-state index in [0.717, 1.165) is 0 Å². The normalized spacial score (nSPS) is 18.5. The predicted octanol–water partition coefficient (Wildman–Crippen LogP) is 1.96. The predicted molar refractivity (Wildman–Crippen MR) is 46.7 cm³/mol. The number of carbonyl (C=O) groups is 2. The molecular weight excluding hydrogens is 241 g/mol. The number of ether oxygens (including phenoxy) is 2. The van der Waals surface area contributed by atoms with Crippen molar-refractivity contribution < 1.29 is 32.2 Å². The molecule has 1 aromatic rings. The molecule has 0 saturated carbocycles. The summed E-state index contributed by atoms with van der Waals surface area (Å²) < 4.78 is 44.5. The summed E-state index contributed by atoms with van der Waals surface area (Å²) in [5.41, 5.74) is 0.197. The second-order valence-corrected chi connectivity index (χ2v) is 3.23. The third-order valence-corrected chi connectivity index (χ3v) is 2.09. The Bertz CT molecular complexity index is 481. The van der Waals surface area contributed by atoms with E-state index in [4.69, 9.17) is 0 Å². The first-order valence-corrected chi connectivity index (χ1v) is 4.47. The highest BCUT2D eigenvalue weighted by atomic mass is 19.4. The van der Waals surface area contributed by atoms with Crippen LogP contribution in [0.5, 0.6) is 0 Å². The first-order chi connectivity index (χ1) is 7.89. The SMILES string of the molecule is O=C1OC(OC(=O)C(F)(F)F)c2ccccc21. The topological polar surface area (TPSA) is 52.6 Å². The van der Waals surface area contributed by atoms with Gasteiger partial charge in [0.15, 0.2) is 0 Å². The summed E-state index contributed by atoms with van der Waals surface area (Å²) in [4.78, 5) is 21.8. The average Bonchev–Trinajstić information content (AvgIpc) is 2.56. The molecule has 0 aromatic heterocycles. The Morgan fingerprint density at radius 2 is 1.94 bits per heavy atom. The first kappa shape index (κ1) is 11.4. The van der Waals surface area contributed by atoms with E-state index in [2.05, 4.69) is 9.47 Å². The van der Waals surface area contributed by atoms with Gasteiger partial charge in [-0.3, -0.25) is 0 Å². The minimum absolute atomic E-state index is 0.0903. The third-order valence-electron chi connectivity index (χ3n) is 2.09. The Balaban J connectivity index is 2.21. The van der Waals surface area contributed by atoms with E-state index in [0.29, 0.717) is 0 Å². The number of fused-ring (bicyclic) bond motifs is 1. The van der Waals surface area contributed by atoms with Gasteiger partial charge in [-0.15, -0.1) is 0 Å². The number of hydrogen-bond acceptors (Lipinski definition) is 4. The molecule has 1 atom stereocenters. The van der Waals surface area contributed by atoms with Crippen LogP contribution in [0.2, 0.25) is 0 Å². The minimum Gasteiger partial charge on any atom is -0.417 e. The highest BCUT2D eigenvalue weighted by Gasteiger charge is 2.45. The second kappa shape index (κ2) is 3.76. The number of halogens is 3. The molecule has 0 radical (unpaired) electrons. The fraction of sp³-hybridized carbons (Fsp3) is 0.200. The molecule has 0 N–H and O–H groups in total. The van der Waals surface area contributed by atoms with Crippen LogP contribution in [-0.4, -0.2) is 18.1 Å². The van der Waals surface area contributed by atoms with Gasteiger partial charge in [-0.25, -0.2) is 9.59 Å². The minimum atomic E-state index is -5.12. The molecule has 4 nitrogen and oxygen atoms in total. The molecule has 1 aliphatic heterocycles. The Kier molecular flexibility index (Phi) is 2.53. The average molecular weight is 246 g/mol. The maximum Gasteiger partial charge on any atom is 0.491 e. The van der Waals surface area contributed by atoms with E-state index in [9.17, 15) is 22.8 Å². The number of benzene rings is 1. The van der Waals surface area contributed by atoms with Crippen LogP contribution in [0, 0.1) is 0 Å². The Morgan fingerprint density at radius 3 is 2.59 bits per heavy atom. The van der Waals surface area contributed by atoms with E-state index in [1.165, 1.54) is 24.3 Å². The van der Waals surface area contributed by atoms with Gasteiger partial charge in [0.1, 0.15) is 0 Å². The van der Waals surface area contributed by atoms with E-state index in [1.54, 1.807) is 0 Å². The van der Waals surface area contributed by atoms with Crippen LogP contribution in [-0.2, 0) is 14.3 Å². The lowest BCUT2D eigenvalue weighted by molar-refractivity contribution is -0.219. The van der Waals surface area contributed by atoms with Crippen LogP contribution in [0.25, 0.3) is 0 Å². The molecule has 1 heterocycles. The summed E-state index contributed by atoms with van der Waals surface area (Å²) in [5.74, 6) is -3.22. The van der Waals surface area contributed by atoms with Crippen LogP contribution < -0.4 is 0 Å². The number of carbonyl (C=O) groups excluding carboxylic acids is 2. The van der Waals surface area contributed by atoms with Crippen molar-refractivity contribution in [1.29, 1.82) is 0 Å². The van der Waals surface area contributed by atoms with Gasteiger partial charge in [0.25, 0.3) is 6.29 Å². The molecule has 90 valence electrons. The van der Waals surface area contributed by atoms with Crippen molar-refractivity contribution in [3.8, 4) is 0 Å². The van der Waals surface area contributed by atoms with Gasteiger partial charge in [-0.2, -0.15) is 13.2 Å². The van der Waals surface area contributed by atoms with Gasteiger partial charge in [-0.1, -0.05) is 18.2 Å². The number of cyclic esters (lactones) is 1. The maximum absolute atomic E-state index is 12.0. The molecule has 0 aliphatic carbocycles. The van der Waals surface area contributed by atoms with Crippen molar-refractivity contribution >= 4 is 11.9 Å². The maximum atomic E-state index is 12.0. The van der Waals surface area contributed by atoms with Crippen molar-refractivity contribution in [1.82, 2.24) is 0 Å². The zero-order valence-electron chi connectivity index (χ0n) is 8.15.